The normalized spacial score (nSPS) is 20.6. The van der Waals surface area contributed by atoms with E-state index in [4.69, 9.17) is 0 Å². The number of pyridine rings is 1. The highest BCUT2D eigenvalue weighted by molar-refractivity contribution is 14.0. The summed E-state index contributed by atoms with van der Waals surface area (Å²) in [4.78, 5) is 8.96. The Morgan fingerprint density at radius 1 is 1.21 bits per heavy atom. The molecule has 0 bridgehead atoms. The maximum Gasteiger partial charge on any atom is 0.191 e. The van der Waals surface area contributed by atoms with E-state index in [2.05, 4.69) is 38.1 Å². The molecular formula is C21H32IN5OS. The van der Waals surface area contributed by atoms with Gasteiger partial charge in [0.05, 0.1) is 5.52 Å². The van der Waals surface area contributed by atoms with Crippen molar-refractivity contribution in [1.82, 2.24) is 15.6 Å². The van der Waals surface area contributed by atoms with Gasteiger partial charge in [-0.2, -0.15) is 0 Å². The van der Waals surface area contributed by atoms with Gasteiger partial charge in [0.15, 0.2) is 5.96 Å². The number of benzene rings is 1. The second-order valence-electron chi connectivity index (χ2n) is 7.11. The Labute approximate surface area is 193 Å². The third kappa shape index (κ3) is 7.09. The fourth-order valence-corrected chi connectivity index (χ4v) is 5.02. The van der Waals surface area contributed by atoms with E-state index < -0.39 is 10.8 Å². The van der Waals surface area contributed by atoms with Gasteiger partial charge in [-0.25, -0.2) is 4.98 Å². The first kappa shape index (κ1) is 23.9. The first-order valence-electron chi connectivity index (χ1n) is 10.1. The van der Waals surface area contributed by atoms with Gasteiger partial charge in [0.25, 0.3) is 0 Å². The Morgan fingerprint density at radius 2 is 2.03 bits per heavy atom. The molecule has 1 aromatic heterocycles. The standard InChI is InChI=1S/C21H31N5OS.HI/c1-3-28(27)18-9-6-8-17(15-18)25-21(22-2)24-14-13-23-20-12-11-16-7-4-5-10-19(16)26-20;/h4-5,7,10-12,17-18H,3,6,8-9,13-15H2,1-2H3,(H,23,26)(H2,22,24,25);1H. The van der Waals surface area contributed by atoms with Crippen LogP contribution in [-0.2, 0) is 10.8 Å². The van der Waals surface area contributed by atoms with Crippen molar-refractivity contribution < 1.29 is 4.21 Å². The van der Waals surface area contributed by atoms with Crippen molar-refractivity contribution in [2.45, 2.75) is 43.9 Å². The Bertz CT molecular complexity index is 832. The summed E-state index contributed by atoms with van der Waals surface area (Å²) in [7, 11) is 1.08. The van der Waals surface area contributed by atoms with E-state index in [1.807, 2.05) is 31.2 Å². The van der Waals surface area contributed by atoms with Crippen molar-refractivity contribution in [2.24, 2.45) is 4.99 Å². The maximum absolute atomic E-state index is 12.1. The summed E-state index contributed by atoms with van der Waals surface area (Å²) in [5.74, 6) is 2.43. The second kappa shape index (κ2) is 12.3. The van der Waals surface area contributed by atoms with Crippen molar-refractivity contribution in [3.05, 3.63) is 36.4 Å². The molecule has 2 aromatic rings. The number of aliphatic imine (C=N–C) groups is 1. The monoisotopic (exact) mass is 529 g/mol. The first-order chi connectivity index (χ1) is 13.7. The molecule has 1 aliphatic rings. The SMILES string of the molecule is CCS(=O)C1CCCC(NC(=NC)NCCNc2ccc3ccccc3n2)C1.I. The minimum absolute atomic E-state index is 0. The smallest absolute Gasteiger partial charge is 0.191 e. The number of aromatic nitrogens is 1. The van der Waals surface area contributed by atoms with Crippen LogP contribution < -0.4 is 16.0 Å². The summed E-state index contributed by atoms with van der Waals surface area (Å²) in [6.45, 7) is 3.50. The minimum Gasteiger partial charge on any atom is -0.368 e. The third-order valence-corrected chi connectivity index (χ3v) is 6.91. The number of fused-ring (bicyclic) bond motifs is 1. The van der Waals surface area contributed by atoms with E-state index in [1.165, 1.54) is 0 Å². The van der Waals surface area contributed by atoms with E-state index >= 15 is 0 Å². The molecule has 6 nitrogen and oxygen atoms in total. The zero-order valence-electron chi connectivity index (χ0n) is 17.2. The zero-order chi connectivity index (χ0) is 19.8. The maximum atomic E-state index is 12.1. The van der Waals surface area contributed by atoms with Crippen LogP contribution >= 0.6 is 24.0 Å². The molecular weight excluding hydrogens is 497 g/mol. The quantitative estimate of drug-likeness (QED) is 0.222. The van der Waals surface area contributed by atoms with Crippen LogP contribution in [0.25, 0.3) is 10.9 Å². The molecule has 1 heterocycles. The lowest BCUT2D eigenvalue weighted by atomic mass is 9.95. The van der Waals surface area contributed by atoms with Crippen LogP contribution in [0.2, 0.25) is 0 Å². The Hall–Kier alpha value is -1.42. The van der Waals surface area contributed by atoms with Gasteiger partial charge in [0.2, 0.25) is 0 Å². The molecule has 1 fully saturated rings. The first-order valence-corrected chi connectivity index (χ1v) is 11.5. The molecule has 0 aliphatic heterocycles. The number of hydrogen-bond acceptors (Lipinski definition) is 4. The molecule has 1 saturated carbocycles. The summed E-state index contributed by atoms with van der Waals surface area (Å²) in [5.41, 5.74) is 0.995. The average molecular weight is 529 g/mol. The zero-order valence-corrected chi connectivity index (χ0v) is 20.3. The summed E-state index contributed by atoms with van der Waals surface area (Å²) >= 11 is 0. The number of nitrogens with one attached hydrogen (secondary N) is 3. The number of halogens is 1. The van der Waals surface area contributed by atoms with Crippen LogP contribution in [0.15, 0.2) is 41.4 Å². The van der Waals surface area contributed by atoms with Crippen molar-refractivity contribution in [3.63, 3.8) is 0 Å². The Morgan fingerprint density at radius 3 is 2.83 bits per heavy atom. The number of rotatable bonds is 7. The van der Waals surface area contributed by atoms with E-state index in [1.54, 1.807) is 7.05 Å². The number of para-hydroxylation sites is 1. The van der Waals surface area contributed by atoms with Gasteiger partial charge in [-0.1, -0.05) is 31.5 Å². The molecule has 0 saturated heterocycles. The fourth-order valence-electron chi connectivity index (χ4n) is 3.67. The summed E-state index contributed by atoms with van der Waals surface area (Å²) in [6.07, 6.45) is 4.27. The Kier molecular flexibility index (Phi) is 10.1. The highest BCUT2D eigenvalue weighted by atomic mass is 127. The highest BCUT2D eigenvalue weighted by Crippen LogP contribution is 2.23. The van der Waals surface area contributed by atoms with Crippen LogP contribution in [0.3, 0.4) is 0 Å². The van der Waals surface area contributed by atoms with E-state index in [9.17, 15) is 4.21 Å². The van der Waals surface area contributed by atoms with E-state index in [0.717, 1.165) is 67.2 Å². The molecule has 1 aromatic carbocycles. The fraction of sp³-hybridized carbons (Fsp3) is 0.524. The molecule has 3 rings (SSSR count). The van der Waals surface area contributed by atoms with Crippen LogP contribution in [0, 0.1) is 0 Å². The highest BCUT2D eigenvalue weighted by Gasteiger charge is 2.25. The van der Waals surface area contributed by atoms with Gasteiger partial charge in [-0.3, -0.25) is 9.20 Å². The van der Waals surface area contributed by atoms with E-state index in [-0.39, 0.29) is 24.0 Å². The van der Waals surface area contributed by atoms with Gasteiger partial charge in [0.1, 0.15) is 5.82 Å². The third-order valence-electron chi connectivity index (χ3n) is 5.17. The molecule has 3 N–H and O–H groups in total. The summed E-state index contributed by atoms with van der Waals surface area (Å²) in [6, 6.07) is 12.5. The van der Waals surface area contributed by atoms with Crippen LogP contribution in [-0.4, -0.2) is 52.3 Å². The van der Waals surface area contributed by atoms with Crippen molar-refractivity contribution >= 4 is 57.5 Å². The average Bonchev–Trinajstić information content (AvgIpc) is 2.75. The van der Waals surface area contributed by atoms with Gasteiger partial charge < -0.3 is 16.0 Å². The van der Waals surface area contributed by atoms with Gasteiger partial charge >= 0.3 is 0 Å². The number of anilines is 1. The largest absolute Gasteiger partial charge is 0.368 e. The predicted octanol–water partition coefficient (Wildman–Crippen LogP) is 3.51. The topological polar surface area (TPSA) is 78.4 Å². The number of hydrogen-bond donors (Lipinski definition) is 3. The van der Waals surface area contributed by atoms with Gasteiger partial charge in [-0.15, -0.1) is 24.0 Å². The van der Waals surface area contributed by atoms with Crippen molar-refractivity contribution in [2.75, 3.05) is 31.2 Å². The number of guanidine groups is 1. The molecule has 0 amide bonds. The van der Waals surface area contributed by atoms with Gasteiger partial charge in [0, 0.05) is 53.4 Å². The predicted molar refractivity (Wildman–Crippen MR) is 135 cm³/mol. The van der Waals surface area contributed by atoms with Crippen LogP contribution in [0.1, 0.15) is 32.6 Å². The molecule has 3 unspecified atom stereocenters. The molecule has 0 spiro atoms. The van der Waals surface area contributed by atoms with E-state index in [0.29, 0.717) is 11.3 Å². The molecule has 29 heavy (non-hydrogen) atoms. The molecule has 0 radical (unpaired) electrons. The second-order valence-corrected chi connectivity index (χ2v) is 9.12. The summed E-state index contributed by atoms with van der Waals surface area (Å²) < 4.78 is 12.1. The lowest BCUT2D eigenvalue weighted by molar-refractivity contribution is 0.413. The lowest BCUT2D eigenvalue weighted by Crippen LogP contribution is -2.47. The minimum atomic E-state index is -0.706. The molecule has 160 valence electrons. The number of nitrogens with zero attached hydrogens (tertiary/aromatic N) is 2. The van der Waals surface area contributed by atoms with Crippen molar-refractivity contribution in [1.29, 1.82) is 0 Å². The summed E-state index contributed by atoms with van der Waals surface area (Å²) in [5, 5.41) is 11.7. The van der Waals surface area contributed by atoms with Crippen LogP contribution in [0.4, 0.5) is 5.82 Å². The molecule has 8 heteroatoms. The van der Waals surface area contributed by atoms with Crippen LogP contribution in [0.5, 0.6) is 0 Å². The lowest BCUT2D eigenvalue weighted by Gasteiger charge is -2.30. The molecule has 1 aliphatic carbocycles. The Balaban J connectivity index is 0.00000300. The van der Waals surface area contributed by atoms with Gasteiger partial charge in [-0.05, 0) is 37.5 Å². The van der Waals surface area contributed by atoms with Crippen molar-refractivity contribution in [3.8, 4) is 0 Å². The molecule has 3 atom stereocenters.